The first-order valence-corrected chi connectivity index (χ1v) is 7.92. The van der Waals surface area contributed by atoms with Crippen LogP contribution >= 0.6 is 23.2 Å². The van der Waals surface area contributed by atoms with Gasteiger partial charge in [0.2, 0.25) is 0 Å². The lowest BCUT2D eigenvalue weighted by Gasteiger charge is -2.08. The lowest BCUT2D eigenvalue weighted by molar-refractivity contribution is -0.136. The van der Waals surface area contributed by atoms with Crippen LogP contribution < -0.4 is 10.6 Å². The molecule has 0 atom stereocenters. The van der Waals surface area contributed by atoms with Crippen molar-refractivity contribution in [1.82, 2.24) is 5.32 Å². The fraction of sp³-hybridized carbons (Fsp3) is 0.467. The van der Waals surface area contributed by atoms with Crippen molar-refractivity contribution in [2.75, 3.05) is 25.1 Å². The van der Waals surface area contributed by atoms with Gasteiger partial charge in [-0.15, -0.1) is 0 Å². The molecule has 0 aliphatic heterocycles. The largest absolute Gasteiger partial charge is 0.381 e. The Bertz CT molecular complexity index is 510. The molecule has 0 radical (unpaired) electrons. The number of rotatable bonds is 8. The number of unbranched alkanes of at least 4 members (excludes halogenated alkanes) is 1. The van der Waals surface area contributed by atoms with Crippen molar-refractivity contribution in [3.05, 3.63) is 28.2 Å². The van der Waals surface area contributed by atoms with Gasteiger partial charge in [-0.2, -0.15) is 0 Å². The highest BCUT2D eigenvalue weighted by Crippen LogP contribution is 2.29. The zero-order chi connectivity index (χ0) is 16.4. The fourth-order valence-corrected chi connectivity index (χ4v) is 1.93. The van der Waals surface area contributed by atoms with Crippen molar-refractivity contribution in [3.8, 4) is 0 Å². The number of benzene rings is 1. The van der Waals surface area contributed by atoms with E-state index in [1.54, 1.807) is 18.2 Å². The standard InChI is InChI=1S/C15H20Cl2N2O3/c1-2-3-9-22-10-5-8-18-14(20)15(21)19-12-7-4-6-11(16)13(12)17/h4,6-7H,2-3,5,8-10H2,1H3,(H,18,20)(H,19,21). The molecule has 122 valence electrons. The first-order chi connectivity index (χ1) is 10.6. The average molecular weight is 347 g/mol. The van der Waals surface area contributed by atoms with Crippen molar-refractivity contribution in [2.45, 2.75) is 26.2 Å². The Hall–Kier alpha value is -1.30. The average Bonchev–Trinajstić information content (AvgIpc) is 2.50. The summed E-state index contributed by atoms with van der Waals surface area (Å²) in [6, 6.07) is 4.80. The van der Waals surface area contributed by atoms with Gasteiger partial charge in [0.05, 0.1) is 15.7 Å². The molecule has 0 heterocycles. The molecule has 0 saturated heterocycles. The molecule has 0 aliphatic rings. The summed E-state index contributed by atoms with van der Waals surface area (Å²) in [5, 5.41) is 5.45. The molecule has 0 bridgehead atoms. The van der Waals surface area contributed by atoms with Crippen LogP contribution in [0.2, 0.25) is 10.0 Å². The molecular formula is C15H20Cl2N2O3. The molecule has 0 unspecified atom stereocenters. The van der Waals surface area contributed by atoms with Crippen LogP contribution in [0.3, 0.4) is 0 Å². The molecule has 1 rings (SSSR count). The normalized spacial score (nSPS) is 10.3. The molecule has 1 aromatic carbocycles. The maximum absolute atomic E-state index is 11.7. The summed E-state index contributed by atoms with van der Waals surface area (Å²) in [7, 11) is 0. The van der Waals surface area contributed by atoms with Crippen molar-refractivity contribution in [1.29, 1.82) is 0 Å². The summed E-state index contributed by atoms with van der Waals surface area (Å²) >= 11 is 11.8. The van der Waals surface area contributed by atoms with Gasteiger partial charge in [-0.05, 0) is 25.0 Å². The van der Waals surface area contributed by atoms with E-state index in [4.69, 9.17) is 27.9 Å². The Morgan fingerprint density at radius 3 is 2.59 bits per heavy atom. The summed E-state index contributed by atoms with van der Waals surface area (Å²) in [6.07, 6.45) is 2.76. The van der Waals surface area contributed by atoms with E-state index in [9.17, 15) is 9.59 Å². The van der Waals surface area contributed by atoms with Crippen LogP contribution in [0.25, 0.3) is 0 Å². The van der Waals surface area contributed by atoms with Crippen LogP contribution in [0.1, 0.15) is 26.2 Å². The third-order valence-electron chi connectivity index (χ3n) is 2.80. The Kier molecular flexibility index (Phi) is 8.89. The molecule has 5 nitrogen and oxygen atoms in total. The smallest absolute Gasteiger partial charge is 0.313 e. The minimum Gasteiger partial charge on any atom is -0.381 e. The number of hydrogen-bond donors (Lipinski definition) is 2. The van der Waals surface area contributed by atoms with Crippen molar-refractivity contribution < 1.29 is 14.3 Å². The van der Waals surface area contributed by atoms with Gasteiger partial charge in [0.15, 0.2) is 0 Å². The van der Waals surface area contributed by atoms with Crippen LogP contribution in [-0.2, 0) is 14.3 Å². The summed E-state index contributed by atoms with van der Waals surface area (Å²) < 4.78 is 5.36. The maximum atomic E-state index is 11.7. The third-order valence-corrected chi connectivity index (χ3v) is 3.62. The Morgan fingerprint density at radius 2 is 1.86 bits per heavy atom. The summed E-state index contributed by atoms with van der Waals surface area (Å²) in [4.78, 5) is 23.4. The van der Waals surface area contributed by atoms with Crippen LogP contribution in [0, 0.1) is 0 Å². The number of ether oxygens (including phenoxy) is 1. The first-order valence-electron chi connectivity index (χ1n) is 7.17. The van der Waals surface area contributed by atoms with Crippen molar-refractivity contribution >= 4 is 40.7 Å². The molecule has 0 spiro atoms. The van der Waals surface area contributed by atoms with E-state index >= 15 is 0 Å². The van der Waals surface area contributed by atoms with E-state index in [-0.39, 0.29) is 5.02 Å². The van der Waals surface area contributed by atoms with Gasteiger partial charge >= 0.3 is 11.8 Å². The molecule has 0 aliphatic carbocycles. The summed E-state index contributed by atoms with van der Waals surface area (Å²) in [6.45, 7) is 3.75. The molecule has 0 saturated carbocycles. The van der Waals surface area contributed by atoms with Crippen LogP contribution in [0.5, 0.6) is 0 Å². The SMILES string of the molecule is CCCCOCCCNC(=O)C(=O)Nc1cccc(Cl)c1Cl. The van der Waals surface area contributed by atoms with Gasteiger partial charge in [0.1, 0.15) is 0 Å². The van der Waals surface area contributed by atoms with E-state index in [0.29, 0.717) is 30.3 Å². The number of carbonyl (C=O) groups is 2. The summed E-state index contributed by atoms with van der Waals surface area (Å²) in [5.74, 6) is -1.50. The fourth-order valence-electron chi connectivity index (χ4n) is 1.58. The lowest BCUT2D eigenvalue weighted by atomic mass is 10.3. The molecule has 2 N–H and O–H groups in total. The Balaban J connectivity index is 2.28. The van der Waals surface area contributed by atoms with Crippen LogP contribution in [0.4, 0.5) is 5.69 Å². The number of anilines is 1. The van der Waals surface area contributed by atoms with E-state index in [1.807, 2.05) is 0 Å². The van der Waals surface area contributed by atoms with Gasteiger partial charge in [-0.1, -0.05) is 42.6 Å². The zero-order valence-electron chi connectivity index (χ0n) is 12.5. The highest BCUT2D eigenvalue weighted by atomic mass is 35.5. The van der Waals surface area contributed by atoms with E-state index in [1.165, 1.54) is 0 Å². The minimum absolute atomic E-state index is 0.203. The van der Waals surface area contributed by atoms with Gasteiger partial charge < -0.3 is 15.4 Å². The Labute approximate surface area is 140 Å². The van der Waals surface area contributed by atoms with Crippen LogP contribution in [-0.4, -0.2) is 31.6 Å². The van der Waals surface area contributed by atoms with E-state index < -0.39 is 11.8 Å². The predicted molar refractivity (Wildman–Crippen MR) is 88.4 cm³/mol. The molecule has 7 heteroatoms. The zero-order valence-corrected chi connectivity index (χ0v) is 14.0. The molecular weight excluding hydrogens is 327 g/mol. The quantitative estimate of drug-likeness (QED) is 0.560. The maximum Gasteiger partial charge on any atom is 0.313 e. The highest BCUT2D eigenvalue weighted by Gasteiger charge is 2.15. The molecule has 0 fully saturated rings. The van der Waals surface area contributed by atoms with Gasteiger partial charge in [-0.25, -0.2) is 0 Å². The van der Waals surface area contributed by atoms with Crippen molar-refractivity contribution in [2.24, 2.45) is 0 Å². The minimum atomic E-state index is -0.781. The number of nitrogens with one attached hydrogen (secondary N) is 2. The first kappa shape index (κ1) is 18.7. The van der Waals surface area contributed by atoms with Crippen molar-refractivity contribution in [3.63, 3.8) is 0 Å². The lowest BCUT2D eigenvalue weighted by Crippen LogP contribution is -2.36. The molecule has 22 heavy (non-hydrogen) atoms. The topological polar surface area (TPSA) is 67.4 Å². The number of hydrogen-bond acceptors (Lipinski definition) is 3. The van der Waals surface area contributed by atoms with Crippen LogP contribution in [0.15, 0.2) is 18.2 Å². The second-order valence-electron chi connectivity index (χ2n) is 4.63. The van der Waals surface area contributed by atoms with Gasteiger partial charge in [-0.3, -0.25) is 9.59 Å². The second-order valence-corrected chi connectivity index (χ2v) is 5.42. The number of halogens is 2. The summed E-state index contributed by atoms with van der Waals surface area (Å²) in [5.41, 5.74) is 0.303. The Morgan fingerprint density at radius 1 is 1.14 bits per heavy atom. The number of amides is 2. The van der Waals surface area contributed by atoms with E-state index in [0.717, 1.165) is 19.4 Å². The third kappa shape index (κ3) is 6.64. The second kappa shape index (κ2) is 10.4. The predicted octanol–water partition coefficient (Wildman–Crippen LogP) is 3.25. The molecule has 2 amide bonds. The van der Waals surface area contributed by atoms with E-state index in [2.05, 4.69) is 17.6 Å². The molecule has 1 aromatic rings. The number of carbonyl (C=O) groups excluding carboxylic acids is 2. The van der Waals surface area contributed by atoms with Gasteiger partial charge in [0, 0.05) is 19.8 Å². The van der Waals surface area contributed by atoms with Gasteiger partial charge in [0.25, 0.3) is 0 Å². The highest BCUT2D eigenvalue weighted by molar-refractivity contribution is 6.45. The molecule has 0 aromatic heterocycles. The monoisotopic (exact) mass is 346 g/mol.